The molecule has 1 aliphatic rings. The first-order valence-corrected chi connectivity index (χ1v) is 11.1. The van der Waals surface area contributed by atoms with E-state index in [9.17, 15) is 36.2 Å². The smallest absolute Gasteiger partial charge is 0.426 e. The summed E-state index contributed by atoms with van der Waals surface area (Å²) in [4.78, 5) is 13.3. The minimum Gasteiger partial charge on any atom is -0.462 e. The highest BCUT2D eigenvalue weighted by molar-refractivity contribution is 5.77. The molecule has 0 aromatic heterocycles. The maximum Gasteiger partial charge on any atom is 0.426 e. The summed E-state index contributed by atoms with van der Waals surface area (Å²) in [5.41, 5.74) is -6.69. The average molecular weight is 477 g/mol. The molecular formula is C23H38F6O3. The standard InChI is InChI=1S/C23H38F6O3/c1-9-14-10-15(12-21(31,22(24,25)26)23(27,28)29)16(11-14)32-17(30)20(8,19(5,6)7)13-18(2,3)4/h14-16,31H,9-13H2,1-8H3. The Morgan fingerprint density at radius 2 is 1.38 bits per heavy atom. The first-order valence-electron chi connectivity index (χ1n) is 11.1. The molecule has 0 radical (unpaired) electrons. The summed E-state index contributed by atoms with van der Waals surface area (Å²) < 4.78 is 85.3. The van der Waals surface area contributed by atoms with Gasteiger partial charge in [-0.15, -0.1) is 0 Å². The third-order valence-corrected chi connectivity index (χ3v) is 7.05. The molecular weight excluding hydrogens is 438 g/mol. The molecule has 4 unspecified atom stereocenters. The van der Waals surface area contributed by atoms with E-state index in [4.69, 9.17) is 4.74 Å². The van der Waals surface area contributed by atoms with Gasteiger partial charge in [-0.3, -0.25) is 4.79 Å². The number of hydrogen-bond acceptors (Lipinski definition) is 3. The van der Waals surface area contributed by atoms with Crippen LogP contribution in [0.2, 0.25) is 0 Å². The van der Waals surface area contributed by atoms with Crippen molar-refractivity contribution in [3.63, 3.8) is 0 Å². The van der Waals surface area contributed by atoms with Crippen molar-refractivity contribution in [1.29, 1.82) is 0 Å². The normalized spacial score (nSPS) is 25.5. The second-order valence-corrected chi connectivity index (χ2v) is 11.8. The van der Waals surface area contributed by atoms with Gasteiger partial charge in [0.1, 0.15) is 6.10 Å². The van der Waals surface area contributed by atoms with Gasteiger partial charge in [0.25, 0.3) is 5.60 Å². The molecule has 0 amide bonds. The fourth-order valence-corrected chi connectivity index (χ4v) is 4.63. The lowest BCUT2D eigenvalue weighted by Crippen LogP contribution is -2.58. The first kappa shape index (κ1) is 29.0. The van der Waals surface area contributed by atoms with Gasteiger partial charge in [-0.05, 0) is 48.9 Å². The Labute approximate surface area is 187 Å². The second kappa shape index (κ2) is 8.99. The molecule has 0 spiro atoms. The van der Waals surface area contributed by atoms with Crippen LogP contribution >= 0.6 is 0 Å². The van der Waals surface area contributed by atoms with Crippen molar-refractivity contribution in [2.45, 2.75) is 112 Å². The lowest BCUT2D eigenvalue weighted by Gasteiger charge is -2.44. The van der Waals surface area contributed by atoms with E-state index in [0.29, 0.717) is 12.8 Å². The number of halogens is 6. The average Bonchev–Trinajstić information content (AvgIpc) is 2.91. The minimum absolute atomic E-state index is 0.0222. The van der Waals surface area contributed by atoms with Gasteiger partial charge in [0.05, 0.1) is 5.41 Å². The maximum atomic E-state index is 13.3. The highest BCUT2D eigenvalue weighted by atomic mass is 19.4. The Balaban J connectivity index is 3.27. The van der Waals surface area contributed by atoms with E-state index in [1.807, 2.05) is 41.5 Å². The van der Waals surface area contributed by atoms with Gasteiger partial charge < -0.3 is 9.84 Å². The van der Waals surface area contributed by atoms with Crippen molar-refractivity contribution in [2.75, 3.05) is 0 Å². The van der Waals surface area contributed by atoms with E-state index in [-0.39, 0.29) is 24.2 Å². The number of alkyl halides is 6. The van der Waals surface area contributed by atoms with Crippen LogP contribution in [0, 0.1) is 28.1 Å². The number of aliphatic hydroxyl groups is 1. The molecule has 1 aliphatic carbocycles. The Morgan fingerprint density at radius 1 is 0.906 bits per heavy atom. The quantitative estimate of drug-likeness (QED) is 0.329. The molecule has 9 heteroatoms. The molecule has 190 valence electrons. The summed E-state index contributed by atoms with van der Waals surface area (Å²) in [6.07, 6.45) is -13.3. The summed E-state index contributed by atoms with van der Waals surface area (Å²) in [5, 5.41) is 9.71. The first-order chi connectivity index (χ1) is 14.0. The molecule has 1 saturated carbocycles. The monoisotopic (exact) mass is 476 g/mol. The van der Waals surface area contributed by atoms with E-state index in [1.165, 1.54) is 0 Å². The van der Waals surface area contributed by atoms with E-state index >= 15 is 0 Å². The molecule has 0 heterocycles. The van der Waals surface area contributed by atoms with Crippen molar-refractivity contribution in [3.8, 4) is 0 Å². The van der Waals surface area contributed by atoms with E-state index in [2.05, 4.69) is 0 Å². The third-order valence-electron chi connectivity index (χ3n) is 7.05. The summed E-state index contributed by atoms with van der Waals surface area (Å²) in [6, 6.07) is 0. The molecule has 0 aromatic carbocycles. The molecule has 32 heavy (non-hydrogen) atoms. The largest absolute Gasteiger partial charge is 0.462 e. The van der Waals surface area contributed by atoms with Gasteiger partial charge in [0.15, 0.2) is 0 Å². The Kier molecular flexibility index (Phi) is 8.16. The second-order valence-electron chi connectivity index (χ2n) is 11.8. The van der Waals surface area contributed by atoms with Crippen LogP contribution in [-0.2, 0) is 9.53 Å². The van der Waals surface area contributed by atoms with Gasteiger partial charge in [-0.2, -0.15) is 26.3 Å². The molecule has 0 bridgehead atoms. The van der Waals surface area contributed by atoms with Crippen LogP contribution < -0.4 is 0 Å². The van der Waals surface area contributed by atoms with Gasteiger partial charge in [-0.25, -0.2) is 0 Å². The van der Waals surface area contributed by atoms with Crippen LogP contribution in [0.1, 0.15) is 87.5 Å². The zero-order chi connectivity index (χ0) is 25.6. The SMILES string of the molecule is CCC1CC(CC(O)(C(F)(F)F)C(F)(F)F)C(OC(=O)C(C)(CC(C)(C)C)C(C)(C)C)C1. The molecule has 0 aliphatic heterocycles. The van der Waals surface area contributed by atoms with E-state index in [1.54, 1.807) is 13.8 Å². The number of hydrogen-bond donors (Lipinski definition) is 1. The van der Waals surface area contributed by atoms with Crippen molar-refractivity contribution >= 4 is 5.97 Å². The topological polar surface area (TPSA) is 46.5 Å². The fourth-order valence-electron chi connectivity index (χ4n) is 4.63. The van der Waals surface area contributed by atoms with Crippen LogP contribution in [0.4, 0.5) is 26.3 Å². The zero-order valence-corrected chi connectivity index (χ0v) is 20.3. The van der Waals surface area contributed by atoms with Crippen LogP contribution in [-0.4, -0.2) is 35.1 Å². The summed E-state index contributed by atoms with van der Waals surface area (Å²) in [5.74, 6) is -2.07. The van der Waals surface area contributed by atoms with Crippen LogP contribution in [0.5, 0.6) is 0 Å². The lowest BCUT2D eigenvalue weighted by molar-refractivity contribution is -0.373. The maximum absolute atomic E-state index is 13.3. The number of carbonyl (C=O) groups is 1. The van der Waals surface area contributed by atoms with Crippen LogP contribution in [0.3, 0.4) is 0 Å². The number of esters is 1. The third kappa shape index (κ3) is 6.11. The Morgan fingerprint density at radius 3 is 1.72 bits per heavy atom. The Bertz CT molecular complexity index is 643. The zero-order valence-electron chi connectivity index (χ0n) is 20.3. The number of carbonyl (C=O) groups excluding carboxylic acids is 1. The molecule has 4 atom stereocenters. The fraction of sp³-hybridized carbons (Fsp3) is 0.957. The molecule has 1 N–H and O–H groups in total. The molecule has 1 rings (SSSR count). The van der Waals surface area contributed by atoms with Crippen molar-refractivity contribution < 1.29 is 41.0 Å². The summed E-state index contributed by atoms with van der Waals surface area (Å²) in [7, 11) is 0. The Hall–Kier alpha value is -0.990. The van der Waals surface area contributed by atoms with E-state index in [0.717, 1.165) is 0 Å². The predicted octanol–water partition coefficient (Wildman–Crippen LogP) is 7.07. The predicted molar refractivity (Wildman–Crippen MR) is 110 cm³/mol. The van der Waals surface area contributed by atoms with Crippen LogP contribution in [0.15, 0.2) is 0 Å². The molecule has 3 nitrogen and oxygen atoms in total. The highest BCUT2D eigenvalue weighted by Gasteiger charge is 2.71. The summed E-state index contributed by atoms with van der Waals surface area (Å²) in [6.45, 7) is 14.9. The molecule has 0 aromatic rings. The highest BCUT2D eigenvalue weighted by Crippen LogP contribution is 2.52. The van der Waals surface area contributed by atoms with Gasteiger partial charge in [0.2, 0.25) is 0 Å². The van der Waals surface area contributed by atoms with Crippen molar-refractivity contribution in [2.24, 2.45) is 28.1 Å². The molecule has 1 fully saturated rings. The van der Waals surface area contributed by atoms with Gasteiger partial charge in [0, 0.05) is 6.42 Å². The lowest BCUT2D eigenvalue weighted by atomic mass is 9.61. The summed E-state index contributed by atoms with van der Waals surface area (Å²) >= 11 is 0. The minimum atomic E-state index is -5.89. The van der Waals surface area contributed by atoms with Crippen molar-refractivity contribution in [3.05, 3.63) is 0 Å². The number of rotatable bonds is 6. The van der Waals surface area contributed by atoms with Gasteiger partial charge in [-0.1, -0.05) is 54.9 Å². The van der Waals surface area contributed by atoms with Crippen LogP contribution in [0.25, 0.3) is 0 Å². The number of ether oxygens (including phenoxy) is 1. The van der Waals surface area contributed by atoms with Gasteiger partial charge >= 0.3 is 18.3 Å². The molecule has 0 saturated heterocycles. The van der Waals surface area contributed by atoms with Crippen molar-refractivity contribution in [1.82, 2.24) is 0 Å². The van der Waals surface area contributed by atoms with E-state index < -0.39 is 53.2 Å².